The topological polar surface area (TPSA) is 29.3 Å². The number of aryl methyl sites for hydroxylation is 1. The summed E-state index contributed by atoms with van der Waals surface area (Å²) >= 11 is 0. The zero-order valence-corrected chi connectivity index (χ0v) is 10.6. The smallest absolute Gasteiger partial charge is 0.126 e. The van der Waals surface area contributed by atoms with E-state index in [0.29, 0.717) is 18.2 Å². The molecular formula is C14H21FN2. The fourth-order valence-electron chi connectivity index (χ4n) is 2.35. The largest absolute Gasteiger partial charge is 0.329 e. The van der Waals surface area contributed by atoms with Crippen LogP contribution < -0.4 is 5.73 Å². The molecule has 0 bridgehead atoms. The maximum absolute atomic E-state index is 13.4. The molecule has 0 spiro atoms. The molecule has 3 heteroatoms. The highest BCUT2D eigenvalue weighted by atomic mass is 19.1. The summed E-state index contributed by atoms with van der Waals surface area (Å²) in [6, 6.07) is 5.91. The van der Waals surface area contributed by atoms with Crippen LogP contribution in [0.15, 0.2) is 18.2 Å². The third-order valence-electron chi connectivity index (χ3n) is 3.64. The van der Waals surface area contributed by atoms with Crippen molar-refractivity contribution in [2.45, 2.75) is 32.4 Å². The molecular weight excluding hydrogens is 215 g/mol. The number of nitrogens with two attached hydrogens (primary N) is 1. The van der Waals surface area contributed by atoms with Gasteiger partial charge in [0, 0.05) is 19.1 Å². The molecule has 0 amide bonds. The van der Waals surface area contributed by atoms with E-state index in [-0.39, 0.29) is 5.82 Å². The summed E-state index contributed by atoms with van der Waals surface area (Å²) < 4.78 is 13.4. The monoisotopic (exact) mass is 236 g/mol. The molecule has 1 atom stereocenters. The molecule has 1 unspecified atom stereocenters. The molecule has 2 rings (SSSR count). The highest BCUT2D eigenvalue weighted by molar-refractivity contribution is 5.23. The van der Waals surface area contributed by atoms with E-state index in [4.69, 9.17) is 5.73 Å². The predicted octanol–water partition coefficient (Wildman–Crippen LogP) is 2.30. The average Bonchev–Trinajstić information content (AvgIpc) is 3.09. The standard InChI is InChI=1S/C14H21FN2/c1-10-3-4-11(7-13(10)15)9-17(2)14(8-16)12-5-6-12/h3-4,7,12,14H,5-6,8-9,16H2,1-2H3. The molecule has 0 heterocycles. The zero-order valence-electron chi connectivity index (χ0n) is 10.6. The molecule has 0 aliphatic heterocycles. The summed E-state index contributed by atoms with van der Waals surface area (Å²) in [6.07, 6.45) is 2.57. The lowest BCUT2D eigenvalue weighted by molar-refractivity contribution is 0.215. The average molecular weight is 236 g/mol. The van der Waals surface area contributed by atoms with Crippen LogP contribution in [0.25, 0.3) is 0 Å². The Morgan fingerprint density at radius 2 is 2.18 bits per heavy atom. The van der Waals surface area contributed by atoms with Gasteiger partial charge in [0.15, 0.2) is 0 Å². The van der Waals surface area contributed by atoms with Gasteiger partial charge in [0.2, 0.25) is 0 Å². The number of nitrogens with zero attached hydrogens (tertiary/aromatic N) is 1. The highest BCUT2D eigenvalue weighted by Gasteiger charge is 2.32. The molecule has 2 N–H and O–H groups in total. The third-order valence-corrected chi connectivity index (χ3v) is 3.64. The molecule has 2 nitrogen and oxygen atoms in total. The molecule has 1 aliphatic carbocycles. The van der Waals surface area contributed by atoms with Crippen molar-refractivity contribution in [3.63, 3.8) is 0 Å². The van der Waals surface area contributed by atoms with Gasteiger partial charge in [-0.05, 0) is 49.9 Å². The lowest BCUT2D eigenvalue weighted by Gasteiger charge is -2.27. The molecule has 1 aromatic carbocycles. The van der Waals surface area contributed by atoms with Gasteiger partial charge in [-0.15, -0.1) is 0 Å². The Balaban J connectivity index is 2.01. The first-order valence-electron chi connectivity index (χ1n) is 6.27. The van der Waals surface area contributed by atoms with Gasteiger partial charge in [-0.3, -0.25) is 4.90 Å². The molecule has 1 saturated carbocycles. The molecule has 1 aromatic rings. The summed E-state index contributed by atoms with van der Waals surface area (Å²) in [5, 5.41) is 0. The van der Waals surface area contributed by atoms with Gasteiger partial charge >= 0.3 is 0 Å². The number of hydrogen-bond donors (Lipinski definition) is 1. The Morgan fingerprint density at radius 3 is 2.71 bits per heavy atom. The molecule has 1 fully saturated rings. The number of hydrogen-bond acceptors (Lipinski definition) is 2. The summed E-state index contributed by atoms with van der Waals surface area (Å²) in [7, 11) is 2.08. The first-order valence-corrected chi connectivity index (χ1v) is 6.27. The van der Waals surface area contributed by atoms with Gasteiger partial charge in [-0.25, -0.2) is 4.39 Å². The first kappa shape index (κ1) is 12.5. The minimum absolute atomic E-state index is 0.119. The van der Waals surface area contributed by atoms with E-state index in [0.717, 1.165) is 18.0 Å². The molecule has 94 valence electrons. The fraction of sp³-hybridized carbons (Fsp3) is 0.571. The Morgan fingerprint density at radius 1 is 1.47 bits per heavy atom. The van der Waals surface area contributed by atoms with Crippen LogP contribution in [0.3, 0.4) is 0 Å². The Hall–Kier alpha value is -0.930. The van der Waals surface area contributed by atoms with E-state index in [2.05, 4.69) is 11.9 Å². The second-order valence-corrected chi connectivity index (χ2v) is 5.14. The van der Waals surface area contributed by atoms with Crippen LogP contribution >= 0.6 is 0 Å². The van der Waals surface area contributed by atoms with E-state index in [9.17, 15) is 4.39 Å². The predicted molar refractivity (Wildman–Crippen MR) is 68.2 cm³/mol. The van der Waals surface area contributed by atoms with Gasteiger partial charge in [0.05, 0.1) is 0 Å². The number of likely N-dealkylation sites (N-methyl/N-ethyl adjacent to an activating group) is 1. The minimum atomic E-state index is -0.119. The molecule has 1 aliphatic rings. The highest BCUT2D eigenvalue weighted by Crippen LogP contribution is 2.34. The van der Waals surface area contributed by atoms with E-state index in [1.165, 1.54) is 12.8 Å². The maximum Gasteiger partial charge on any atom is 0.126 e. The summed E-state index contributed by atoms with van der Waals surface area (Å²) in [4.78, 5) is 2.25. The Labute approximate surface area is 103 Å². The maximum atomic E-state index is 13.4. The molecule has 0 saturated heterocycles. The van der Waals surface area contributed by atoms with Crippen molar-refractivity contribution >= 4 is 0 Å². The molecule has 0 radical (unpaired) electrons. The van der Waals surface area contributed by atoms with E-state index < -0.39 is 0 Å². The van der Waals surface area contributed by atoms with Crippen molar-refractivity contribution in [2.24, 2.45) is 11.7 Å². The van der Waals surface area contributed by atoms with Gasteiger partial charge < -0.3 is 5.73 Å². The number of benzene rings is 1. The van der Waals surface area contributed by atoms with E-state index in [1.807, 2.05) is 12.1 Å². The second kappa shape index (κ2) is 5.15. The van der Waals surface area contributed by atoms with Crippen molar-refractivity contribution in [3.05, 3.63) is 35.1 Å². The van der Waals surface area contributed by atoms with Gasteiger partial charge in [-0.1, -0.05) is 12.1 Å². The van der Waals surface area contributed by atoms with Crippen molar-refractivity contribution < 1.29 is 4.39 Å². The van der Waals surface area contributed by atoms with Crippen molar-refractivity contribution in [1.82, 2.24) is 4.90 Å². The quantitative estimate of drug-likeness (QED) is 0.850. The number of halogens is 1. The van der Waals surface area contributed by atoms with Gasteiger partial charge in [-0.2, -0.15) is 0 Å². The minimum Gasteiger partial charge on any atom is -0.329 e. The van der Waals surface area contributed by atoms with Crippen molar-refractivity contribution in [3.8, 4) is 0 Å². The van der Waals surface area contributed by atoms with Crippen LogP contribution in [-0.2, 0) is 6.54 Å². The second-order valence-electron chi connectivity index (χ2n) is 5.14. The van der Waals surface area contributed by atoms with Crippen LogP contribution in [0, 0.1) is 18.7 Å². The Bertz CT molecular complexity index is 388. The molecule has 17 heavy (non-hydrogen) atoms. The van der Waals surface area contributed by atoms with Crippen molar-refractivity contribution in [2.75, 3.05) is 13.6 Å². The number of rotatable bonds is 5. The molecule has 0 aromatic heterocycles. The van der Waals surface area contributed by atoms with Crippen LogP contribution in [-0.4, -0.2) is 24.5 Å². The van der Waals surface area contributed by atoms with E-state index >= 15 is 0 Å². The summed E-state index contributed by atoms with van der Waals surface area (Å²) in [5.74, 6) is 0.631. The zero-order chi connectivity index (χ0) is 12.4. The lowest BCUT2D eigenvalue weighted by Crippen LogP contribution is -2.39. The van der Waals surface area contributed by atoms with E-state index in [1.54, 1.807) is 13.0 Å². The van der Waals surface area contributed by atoms with Crippen LogP contribution in [0.2, 0.25) is 0 Å². The fourth-order valence-corrected chi connectivity index (χ4v) is 2.35. The van der Waals surface area contributed by atoms with Crippen LogP contribution in [0.1, 0.15) is 24.0 Å². The third kappa shape index (κ3) is 3.05. The van der Waals surface area contributed by atoms with Crippen LogP contribution in [0.5, 0.6) is 0 Å². The van der Waals surface area contributed by atoms with Gasteiger partial charge in [0.1, 0.15) is 5.82 Å². The first-order chi connectivity index (χ1) is 8.11. The normalized spacial score (nSPS) is 17.5. The summed E-state index contributed by atoms with van der Waals surface area (Å²) in [6.45, 7) is 3.25. The van der Waals surface area contributed by atoms with Crippen LogP contribution in [0.4, 0.5) is 4.39 Å². The van der Waals surface area contributed by atoms with Gasteiger partial charge in [0.25, 0.3) is 0 Å². The summed E-state index contributed by atoms with van der Waals surface area (Å²) in [5.41, 5.74) is 7.53. The SMILES string of the molecule is Cc1ccc(CN(C)C(CN)C2CC2)cc1F. The Kier molecular flexibility index (Phi) is 3.79. The van der Waals surface area contributed by atoms with Crippen molar-refractivity contribution in [1.29, 1.82) is 0 Å². The lowest BCUT2D eigenvalue weighted by atomic mass is 10.1.